The lowest BCUT2D eigenvalue weighted by molar-refractivity contribution is 0.981. The van der Waals surface area contributed by atoms with Gasteiger partial charge in [0, 0.05) is 16.7 Å². The summed E-state index contributed by atoms with van der Waals surface area (Å²) in [7, 11) is 0. The van der Waals surface area contributed by atoms with Crippen LogP contribution in [0.2, 0.25) is 0 Å². The molecule has 386 valence electrons. The van der Waals surface area contributed by atoms with E-state index in [4.69, 9.17) is 31.5 Å². The van der Waals surface area contributed by atoms with E-state index in [0.717, 1.165) is 28.8 Å². The minimum Gasteiger partial charge on any atom is -0.309 e. The van der Waals surface area contributed by atoms with Crippen LogP contribution in [-0.2, 0) is 0 Å². The van der Waals surface area contributed by atoms with Crippen LogP contribution in [0.15, 0.2) is 302 Å². The van der Waals surface area contributed by atoms with Gasteiger partial charge in [0.25, 0.3) is 0 Å². The molecule has 0 amide bonds. The number of para-hydroxylation sites is 1. The van der Waals surface area contributed by atoms with Gasteiger partial charge in [0.15, 0.2) is 0 Å². The number of aromatic nitrogens is 1. The Balaban J connectivity index is 1.18. The van der Waals surface area contributed by atoms with E-state index in [1.54, 1.807) is 0 Å². The van der Waals surface area contributed by atoms with Crippen LogP contribution in [0.3, 0.4) is 0 Å². The summed E-state index contributed by atoms with van der Waals surface area (Å²) < 4.78 is 432. The van der Waals surface area contributed by atoms with E-state index in [2.05, 4.69) is 0 Å². The second-order valence-corrected chi connectivity index (χ2v) is 18.4. The third kappa shape index (κ3) is 8.24. The third-order valence-corrected chi connectivity index (χ3v) is 14.1. The first-order valence-electron chi connectivity index (χ1n) is 47.9. The van der Waals surface area contributed by atoms with Gasteiger partial charge in [0.2, 0.25) is 0 Å². The number of nitrogens with zero attached hydrogens (tertiary/aromatic N) is 1. The Kier molecular flexibility index (Phi) is 5.13. The first-order chi connectivity index (χ1) is 59.7. The molecular weight excluding hydrogens is 987 g/mol. The highest BCUT2D eigenvalue weighted by Gasteiger charge is 2.34. The van der Waals surface area contributed by atoms with Crippen LogP contribution >= 0.6 is 0 Å². The van der Waals surface area contributed by atoms with Crippen molar-refractivity contribution < 1.29 is 63.1 Å². The molecule has 1 aliphatic rings. The highest BCUT2D eigenvalue weighted by atomic mass is 15.0. The lowest BCUT2D eigenvalue weighted by Gasteiger charge is -2.22. The third-order valence-electron chi connectivity index (χ3n) is 14.1. The maximum Gasteiger partial charge on any atom is 0.0645 e. The predicted molar refractivity (Wildman–Crippen MR) is 347 cm³/mol. The Morgan fingerprint density at radius 2 is 0.744 bits per heavy atom. The molecule has 14 aromatic rings. The summed E-state index contributed by atoms with van der Waals surface area (Å²) in [6, 6.07) is -43.8. The molecule has 0 bridgehead atoms. The zero-order valence-electron chi connectivity index (χ0n) is 88.3. The molecule has 0 aliphatic heterocycles. The molecule has 0 saturated heterocycles. The van der Waals surface area contributed by atoms with E-state index in [9.17, 15) is 31.5 Å². The number of benzene rings is 13. The molecule has 1 unspecified atom stereocenters. The monoisotopic (exact) mass is 1090 g/mol. The quantitative estimate of drug-likeness (QED) is 0.129. The lowest BCUT2D eigenvalue weighted by atomic mass is 9.86. The molecule has 13 aromatic carbocycles. The molecule has 15 rings (SSSR count). The Hall–Kier alpha value is -10.3. The van der Waals surface area contributed by atoms with Crippen LogP contribution < -0.4 is 0 Å². The normalized spacial score (nSPS) is 20.5. The fourth-order valence-electron chi connectivity index (χ4n) is 10.4. The Bertz CT molecular complexity index is 7260. The van der Waals surface area contributed by atoms with E-state index < -0.39 is 423 Å². The van der Waals surface area contributed by atoms with Gasteiger partial charge in [-0.05, 0) is 178 Å². The number of rotatable bonds is 10. The van der Waals surface area contributed by atoms with Gasteiger partial charge in [-0.25, -0.2) is 0 Å². The minimum absolute atomic E-state index is 0.284. The maximum absolute atomic E-state index is 10.9. The topological polar surface area (TPSA) is 4.93 Å². The highest BCUT2D eigenvalue weighted by molar-refractivity contribution is 6.14. The summed E-state index contributed by atoms with van der Waals surface area (Å²) in [4.78, 5) is 0. The summed E-state index contributed by atoms with van der Waals surface area (Å²) in [5.41, 5.74) is -18.4. The number of fused-ring (bicyclic) bond motifs is 6. The average Bonchev–Trinajstić information content (AvgIpc) is 1.52. The number of hydrogen-bond acceptors (Lipinski definition) is 0. The standard InChI is InChI=1S/C81H57N/c1-53-54(2)81-77(52-73(53)69-40-22-21-36-65(69)58-31-13-6-14-32-58)76-51-61(68-39-20-17-35-64(68)57-29-11-5-12-30-57)45-48-79(76)82(81)78-42-24-23-41-72(78)80-70-46-43-59(66-37-18-15-33-62(66)55-25-7-3-8-26-55)49-74(70)75-50-60(44-47-71(75)80)67-38-19-16-34-63(67)56-27-9-4-10-28-56/h3-52,80H,1-2H3/i3D,4D,5D,6D,7D,8D,9D,10D,11D,12D,13D,14D,15D,16D,17D,18D,19D,20D,21D,22D,23D,24D,25D,26D,27D,28D,29D,30D,31D,32D,33D,35D,36D,37D,38D,39D,40D,41D,42D,44D,45D,47D,48D,50D,51D,52D. The zero-order chi connectivity index (χ0) is 94.7. The smallest absolute Gasteiger partial charge is 0.0645 e. The SMILES string of the molecule is [2H]c1cc(-c2c([2H])c([2H])c([2H])c([2H])c2[2H])c(-c2c([2H])c([2H])c3c(c2[2H])-c2cc(-c4c([2H])c([2H])c([2H])c([2H])c4-c4c([2H])c([2H])c([2H])c([2H])c4[2H])ccc2C3c2c([2H])c([2H])c([2H])c([2H])c2-n2c3c([2H])c([2H])c(-c4c([2H])c([2H])c([2H])c([2H])c4-c4c([2H])c([2H])c([2H])c([2H])c4[2H])c([2H])c3c3c([2H])c(-c4c([2H])c([2H])c([2H])c([2H])c4-c4c([2H])c([2H])c([2H])c([2H])c4[2H])c(C)c(C)c32)c([2H])c1[2H]. The molecule has 0 saturated carbocycles. The van der Waals surface area contributed by atoms with Gasteiger partial charge in [0.05, 0.1) is 79.8 Å². The van der Waals surface area contributed by atoms with E-state index in [0.29, 0.717) is 0 Å². The van der Waals surface area contributed by atoms with Gasteiger partial charge in [0.1, 0.15) is 0 Å². The van der Waals surface area contributed by atoms with E-state index in [1.165, 1.54) is 13.8 Å². The van der Waals surface area contributed by atoms with Crippen LogP contribution in [0.5, 0.6) is 0 Å². The molecule has 0 fully saturated rings. The maximum atomic E-state index is 10.9. The molecule has 1 aromatic heterocycles. The average molecular weight is 1090 g/mol. The van der Waals surface area contributed by atoms with Crippen molar-refractivity contribution in [3.63, 3.8) is 0 Å². The van der Waals surface area contributed by atoms with Crippen LogP contribution in [0.4, 0.5) is 0 Å². The van der Waals surface area contributed by atoms with Crippen molar-refractivity contribution in [2.75, 3.05) is 0 Å². The van der Waals surface area contributed by atoms with Gasteiger partial charge in [-0.2, -0.15) is 0 Å². The summed E-state index contributed by atoms with van der Waals surface area (Å²) in [6.07, 6.45) is 0. The first-order valence-corrected chi connectivity index (χ1v) is 24.9. The van der Waals surface area contributed by atoms with Crippen molar-refractivity contribution in [2.45, 2.75) is 19.8 Å². The Labute approximate surface area is 545 Å². The minimum atomic E-state index is -2.17. The van der Waals surface area contributed by atoms with E-state index in [1.807, 2.05) is 0 Å². The van der Waals surface area contributed by atoms with Crippen LogP contribution in [0.1, 0.15) is 96.8 Å². The molecule has 0 spiro atoms. The highest BCUT2D eigenvalue weighted by Crippen LogP contribution is 2.53. The molecule has 0 radical (unpaired) electrons. The van der Waals surface area contributed by atoms with Gasteiger partial charge < -0.3 is 4.57 Å². The van der Waals surface area contributed by atoms with Crippen molar-refractivity contribution in [3.8, 4) is 106 Å². The van der Waals surface area contributed by atoms with Gasteiger partial charge in [-0.1, -0.05) is 266 Å². The number of hydrogen-bond donors (Lipinski definition) is 0. The van der Waals surface area contributed by atoms with Gasteiger partial charge in [-0.15, -0.1) is 0 Å². The molecule has 1 heterocycles. The van der Waals surface area contributed by atoms with Crippen molar-refractivity contribution >= 4 is 21.8 Å². The van der Waals surface area contributed by atoms with Gasteiger partial charge >= 0.3 is 0 Å². The largest absolute Gasteiger partial charge is 0.309 e. The summed E-state index contributed by atoms with van der Waals surface area (Å²) in [5, 5.41) is -1.60. The fraction of sp³-hybridized carbons (Fsp3) is 0.0370. The summed E-state index contributed by atoms with van der Waals surface area (Å²) in [6.45, 7) is 2.50. The molecule has 82 heavy (non-hydrogen) atoms. The first kappa shape index (κ1) is 20.6. The van der Waals surface area contributed by atoms with Gasteiger partial charge in [-0.3, -0.25) is 0 Å². The molecule has 0 N–H and O–H groups in total. The molecule has 1 aliphatic carbocycles. The molecule has 1 atom stereocenters. The predicted octanol–water partition coefficient (Wildman–Crippen LogP) is 21.9. The second-order valence-electron chi connectivity index (χ2n) is 18.4. The lowest BCUT2D eigenvalue weighted by Crippen LogP contribution is -2.07. The Morgan fingerprint density at radius 1 is 0.280 bits per heavy atom. The fourth-order valence-corrected chi connectivity index (χ4v) is 10.4. The molecular formula is C81H57N. The van der Waals surface area contributed by atoms with Crippen LogP contribution in [-0.4, -0.2) is 4.57 Å². The summed E-state index contributed by atoms with van der Waals surface area (Å²) >= 11 is 0. The second kappa shape index (κ2) is 20.4. The van der Waals surface area contributed by atoms with Crippen molar-refractivity contribution in [1.82, 2.24) is 4.57 Å². The van der Waals surface area contributed by atoms with Crippen molar-refractivity contribution in [2.24, 2.45) is 0 Å². The van der Waals surface area contributed by atoms with E-state index in [-0.39, 0.29) is 16.7 Å². The van der Waals surface area contributed by atoms with Crippen molar-refractivity contribution in [3.05, 3.63) is 330 Å². The summed E-state index contributed by atoms with van der Waals surface area (Å²) in [5.74, 6) is -2.17. The number of aryl methyl sites for hydroxylation is 1. The van der Waals surface area contributed by atoms with Crippen LogP contribution in [0, 0.1) is 13.8 Å². The molecule has 1 heteroatoms. The van der Waals surface area contributed by atoms with E-state index >= 15 is 0 Å². The zero-order valence-corrected chi connectivity index (χ0v) is 42.3. The Morgan fingerprint density at radius 3 is 1.35 bits per heavy atom. The van der Waals surface area contributed by atoms with Crippen LogP contribution in [0.25, 0.3) is 128 Å². The molecule has 1 nitrogen and oxygen atoms in total. The van der Waals surface area contributed by atoms with Crippen molar-refractivity contribution in [1.29, 1.82) is 0 Å².